The SMILES string of the molecule is BNc1ccc(F)cc1. The molecule has 1 N–H and O–H groups in total. The maximum absolute atomic E-state index is 12.2. The molecular weight excluding hydrogens is 116 g/mol. The molecule has 0 aliphatic heterocycles. The van der Waals surface area contributed by atoms with Crippen molar-refractivity contribution in [3.8, 4) is 0 Å². The van der Waals surface area contributed by atoms with Crippen molar-refractivity contribution in [2.45, 2.75) is 0 Å². The number of nitrogens with one attached hydrogen (secondary N) is 1. The molecule has 0 aliphatic carbocycles. The average molecular weight is 123 g/mol. The molecule has 0 spiro atoms. The van der Waals surface area contributed by atoms with Gasteiger partial charge < -0.3 is 5.23 Å². The molecule has 0 heterocycles. The second kappa shape index (κ2) is 2.53. The van der Waals surface area contributed by atoms with Crippen LogP contribution in [0.2, 0.25) is 0 Å². The van der Waals surface area contributed by atoms with Crippen molar-refractivity contribution >= 4 is 13.7 Å². The summed E-state index contributed by atoms with van der Waals surface area (Å²) < 4.78 is 12.2. The predicted octanol–water partition coefficient (Wildman–Crippen LogP) is 0.786. The fourth-order valence-corrected chi connectivity index (χ4v) is 0.617. The molecule has 1 rings (SSSR count). The van der Waals surface area contributed by atoms with Crippen molar-refractivity contribution in [1.82, 2.24) is 0 Å². The molecule has 0 fully saturated rings. The van der Waals surface area contributed by atoms with Gasteiger partial charge in [-0.2, -0.15) is 0 Å². The summed E-state index contributed by atoms with van der Waals surface area (Å²) in [6.07, 6.45) is 0. The van der Waals surface area contributed by atoms with Gasteiger partial charge in [0.1, 0.15) is 5.82 Å². The molecule has 1 aromatic rings. The Labute approximate surface area is 54.3 Å². The summed E-state index contributed by atoms with van der Waals surface area (Å²) in [6, 6.07) is 6.22. The third-order valence-electron chi connectivity index (χ3n) is 1.13. The molecule has 0 radical (unpaired) electrons. The molecule has 0 saturated heterocycles. The van der Waals surface area contributed by atoms with E-state index in [1.807, 2.05) is 0 Å². The maximum Gasteiger partial charge on any atom is 0.213 e. The van der Waals surface area contributed by atoms with E-state index >= 15 is 0 Å². The van der Waals surface area contributed by atoms with Crippen LogP contribution in [0.4, 0.5) is 10.1 Å². The van der Waals surface area contributed by atoms with E-state index in [2.05, 4.69) is 5.23 Å². The molecule has 0 bridgehead atoms. The van der Waals surface area contributed by atoms with Crippen molar-refractivity contribution in [2.24, 2.45) is 0 Å². The van der Waals surface area contributed by atoms with Crippen molar-refractivity contribution in [1.29, 1.82) is 0 Å². The van der Waals surface area contributed by atoms with Gasteiger partial charge in [0, 0.05) is 5.69 Å². The van der Waals surface area contributed by atoms with Crippen LogP contribution in [-0.2, 0) is 0 Å². The molecule has 0 aromatic heterocycles. The lowest BCUT2D eigenvalue weighted by Gasteiger charge is -1.96. The van der Waals surface area contributed by atoms with Crippen LogP contribution >= 0.6 is 0 Å². The van der Waals surface area contributed by atoms with E-state index in [1.54, 1.807) is 20.1 Å². The smallest absolute Gasteiger partial charge is 0.213 e. The minimum Gasteiger partial charge on any atom is -0.434 e. The van der Waals surface area contributed by atoms with Crippen molar-refractivity contribution in [3.05, 3.63) is 30.1 Å². The highest BCUT2D eigenvalue weighted by Gasteiger charge is 1.86. The van der Waals surface area contributed by atoms with Gasteiger partial charge in [-0.3, -0.25) is 0 Å². The van der Waals surface area contributed by atoms with Crippen LogP contribution < -0.4 is 5.23 Å². The third kappa shape index (κ3) is 1.45. The van der Waals surface area contributed by atoms with E-state index in [9.17, 15) is 4.39 Å². The average Bonchev–Trinajstić information content (AvgIpc) is 1.90. The molecule has 3 heteroatoms. The first-order chi connectivity index (χ1) is 4.33. The van der Waals surface area contributed by atoms with Gasteiger partial charge in [0.2, 0.25) is 7.98 Å². The fourth-order valence-electron chi connectivity index (χ4n) is 0.617. The molecular formula is C6H7BFN. The minimum atomic E-state index is -0.200. The highest BCUT2D eigenvalue weighted by molar-refractivity contribution is 6.15. The van der Waals surface area contributed by atoms with E-state index in [4.69, 9.17) is 0 Å². The van der Waals surface area contributed by atoms with Crippen LogP contribution in [0.5, 0.6) is 0 Å². The van der Waals surface area contributed by atoms with Gasteiger partial charge in [-0.25, -0.2) is 4.39 Å². The first-order valence-electron chi connectivity index (χ1n) is 2.76. The summed E-state index contributed by atoms with van der Waals surface area (Å²) in [5.74, 6) is -0.200. The Morgan fingerprint density at radius 1 is 1.22 bits per heavy atom. The minimum absolute atomic E-state index is 0.200. The number of benzene rings is 1. The van der Waals surface area contributed by atoms with E-state index in [-0.39, 0.29) is 5.82 Å². The monoisotopic (exact) mass is 123 g/mol. The Bertz CT molecular complexity index is 185. The van der Waals surface area contributed by atoms with E-state index in [0.29, 0.717) is 0 Å². The zero-order valence-corrected chi connectivity index (χ0v) is 5.19. The number of rotatable bonds is 1. The Morgan fingerprint density at radius 3 is 2.22 bits per heavy atom. The third-order valence-corrected chi connectivity index (χ3v) is 1.13. The molecule has 0 aliphatic rings. The van der Waals surface area contributed by atoms with E-state index in [1.165, 1.54) is 12.1 Å². The molecule has 0 unspecified atom stereocenters. The van der Waals surface area contributed by atoms with Gasteiger partial charge in [-0.1, -0.05) is 0 Å². The number of hydrogen-bond acceptors (Lipinski definition) is 1. The molecule has 1 aromatic carbocycles. The van der Waals surface area contributed by atoms with Gasteiger partial charge in [-0.05, 0) is 24.3 Å². The Morgan fingerprint density at radius 2 is 1.78 bits per heavy atom. The van der Waals surface area contributed by atoms with E-state index < -0.39 is 0 Å². The second-order valence-electron chi connectivity index (χ2n) is 1.76. The molecule has 0 saturated carbocycles. The topological polar surface area (TPSA) is 12.0 Å². The van der Waals surface area contributed by atoms with Crippen molar-refractivity contribution in [3.63, 3.8) is 0 Å². The number of anilines is 1. The predicted molar refractivity (Wildman–Crippen MR) is 38.6 cm³/mol. The molecule has 1 nitrogen and oxygen atoms in total. The summed E-state index contributed by atoms with van der Waals surface area (Å²) in [6.45, 7) is 0. The van der Waals surface area contributed by atoms with Crippen LogP contribution in [0.25, 0.3) is 0 Å². The van der Waals surface area contributed by atoms with Gasteiger partial charge >= 0.3 is 0 Å². The zero-order chi connectivity index (χ0) is 6.69. The number of hydrogen-bond donors (Lipinski definition) is 1. The van der Waals surface area contributed by atoms with Crippen LogP contribution in [-0.4, -0.2) is 7.98 Å². The lowest BCUT2D eigenvalue weighted by Crippen LogP contribution is -1.88. The second-order valence-corrected chi connectivity index (χ2v) is 1.76. The first-order valence-corrected chi connectivity index (χ1v) is 2.76. The largest absolute Gasteiger partial charge is 0.434 e. The highest BCUT2D eigenvalue weighted by Crippen LogP contribution is 2.05. The maximum atomic E-state index is 12.2. The Balaban J connectivity index is 2.88. The fraction of sp³-hybridized carbons (Fsp3) is 0. The normalized spacial score (nSPS) is 9.00. The highest BCUT2D eigenvalue weighted by atomic mass is 19.1. The quantitative estimate of drug-likeness (QED) is 0.544. The Kier molecular flexibility index (Phi) is 1.73. The molecule has 0 atom stereocenters. The zero-order valence-electron chi connectivity index (χ0n) is 5.19. The summed E-state index contributed by atoms with van der Waals surface area (Å²) in [4.78, 5) is 0. The first kappa shape index (κ1) is 6.14. The molecule has 0 amide bonds. The van der Waals surface area contributed by atoms with E-state index in [0.717, 1.165) is 5.69 Å². The van der Waals surface area contributed by atoms with Crippen LogP contribution in [0.1, 0.15) is 0 Å². The van der Waals surface area contributed by atoms with Crippen molar-refractivity contribution < 1.29 is 4.39 Å². The van der Waals surface area contributed by atoms with Gasteiger partial charge in [-0.15, -0.1) is 0 Å². The van der Waals surface area contributed by atoms with Crippen LogP contribution in [0.15, 0.2) is 24.3 Å². The summed E-state index contributed by atoms with van der Waals surface area (Å²) >= 11 is 0. The van der Waals surface area contributed by atoms with Crippen LogP contribution in [0.3, 0.4) is 0 Å². The van der Waals surface area contributed by atoms with Crippen LogP contribution in [0, 0.1) is 5.82 Å². The lowest BCUT2D eigenvalue weighted by atomic mass is 10.3. The number of halogens is 1. The summed E-state index contributed by atoms with van der Waals surface area (Å²) in [5.41, 5.74) is 0.927. The van der Waals surface area contributed by atoms with Gasteiger partial charge in [0.15, 0.2) is 0 Å². The van der Waals surface area contributed by atoms with Crippen molar-refractivity contribution in [2.75, 3.05) is 5.23 Å². The Hall–Kier alpha value is -0.985. The van der Waals surface area contributed by atoms with Gasteiger partial charge in [0.25, 0.3) is 0 Å². The standard InChI is InChI=1S/C6H7BFN/c7-9-6-3-1-5(8)2-4-6/h1-4,9H,7H2. The molecule has 9 heavy (non-hydrogen) atoms. The molecule has 46 valence electrons. The lowest BCUT2D eigenvalue weighted by molar-refractivity contribution is 0.628. The van der Waals surface area contributed by atoms with Gasteiger partial charge in [0.05, 0.1) is 0 Å². The summed E-state index contributed by atoms with van der Waals surface area (Å²) in [7, 11) is 1.80. The summed E-state index contributed by atoms with van der Waals surface area (Å²) in [5, 5.41) is 2.89.